The third-order valence-corrected chi connectivity index (χ3v) is 3.55. The molecule has 0 aromatic heterocycles. The van der Waals surface area contributed by atoms with Gasteiger partial charge in [-0.1, -0.05) is 30.3 Å². The summed E-state index contributed by atoms with van der Waals surface area (Å²) in [5, 5.41) is 1.36. The molecule has 0 N–H and O–H groups in total. The maximum absolute atomic E-state index is 9.75. The molecule has 1 aliphatic heterocycles. The fourth-order valence-electron chi connectivity index (χ4n) is 1.74. The highest BCUT2D eigenvalue weighted by Crippen LogP contribution is 2.37. The van der Waals surface area contributed by atoms with Gasteiger partial charge in [0.2, 0.25) is 20.9 Å². The lowest BCUT2D eigenvalue weighted by atomic mass is 10.1. The molecule has 0 saturated carbocycles. The minimum absolute atomic E-state index is 1.36. The molecule has 0 saturated heterocycles. The molecule has 6 heteroatoms. The van der Waals surface area contributed by atoms with Crippen LogP contribution in [0.5, 0.6) is 0 Å². The van der Waals surface area contributed by atoms with Crippen LogP contribution >= 0.6 is 11.3 Å². The summed E-state index contributed by atoms with van der Waals surface area (Å²) in [5.74, 6) is 0. The Morgan fingerprint density at radius 1 is 0.737 bits per heavy atom. The van der Waals surface area contributed by atoms with Crippen molar-refractivity contribution in [3.8, 4) is 10.4 Å². The Balaban J connectivity index is 0.000000232. The fraction of sp³-hybridized carbons (Fsp3) is 0. The summed E-state index contributed by atoms with van der Waals surface area (Å²) in [6.45, 7) is 0. The Hall–Kier alpha value is -1.69. The van der Waals surface area contributed by atoms with Crippen molar-refractivity contribution in [3.05, 3.63) is 54.6 Å². The topological polar surface area (TPSA) is 0 Å². The van der Waals surface area contributed by atoms with Crippen LogP contribution in [0.1, 0.15) is 0 Å². The van der Waals surface area contributed by atoms with Crippen LogP contribution in [0.3, 0.4) is 0 Å². The maximum atomic E-state index is 9.75. The zero-order valence-corrected chi connectivity index (χ0v) is 10.5. The molecule has 0 nitrogen and oxygen atoms in total. The van der Waals surface area contributed by atoms with Crippen molar-refractivity contribution >= 4 is 28.7 Å². The van der Waals surface area contributed by atoms with Gasteiger partial charge in [-0.15, -0.1) is 0 Å². The predicted molar refractivity (Wildman–Crippen MR) is 73.0 cm³/mol. The Labute approximate surface area is 111 Å². The molecule has 0 atom stereocenters. The standard InChI is InChI=1S/C13H9S.BF4/c1-2-6-10-11-7-4-5-9-13(11)14-12(10)8-3-1;2-1(3,4)5/h1-9H;/q+1;-1. The van der Waals surface area contributed by atoms with Crippen LogP contribution in [0.25, 0.3) is 20.5 Å². The second-order valence-corrected chi connectivity index (χ2v) is 4.87. The van der Waals surface area contributed by atoms with E-state index >= 15 is 0 Å². The molecular weight excluding hydrogens is 275 g/mol. The number of hydrogen-bond acceptors (Lipinski definition) is 0. The first-order valence-electron chi connectivity index (χ1n) is 5.52. The largest absolute Gasteiger partial charge is 0.673 e. The normalized spacial score (nSPS) is 11.2. The molecule has 0 fully saturated rings. The second kappa shape index (κ2) is 5.53. The van der Waals surface area contributed by atoms with Crippen LogP contribution in [0.15, 0.2) is 54.6 Å². The van der Waals surface area contributed by atoms with Gasteiger partial charge in [-0.05, 0) is 12.1 Å². The highest BCUT2D eigenvalue weighted by atomic mass is 32.1. The van der Waals surface area contributed by atoms with Crippen molar-refractivity contribution in [2.75, 3.05) is 0 Å². The number of benzene rings is 1. The predicted octanol–water partition coefficient (Wildman–Crippen LogP) is 5.59. The van der Waals surface area contributed by atoms with Crippen LogP contribution in [-0.4, -0.2) is 7.25 Å². The second-order valence-electron chi connectivity index (χ2n) is 3.78. The Bertz CT molecular complexity index is 648. The van der Waals surface area contributed by atoms with E-state index in [2.05, 4.69) is 54.6 Å². The van der Waals surface area contributed by atoms with Gasteiger partial charge in [0.25, 0.3) is 0 Å². The summed E-state index contributed by atoms with van der Waals surface area (Å²) < 4.78 is 40.4. The van der Waals surface area contributed by atoms with Gasteiger partial charge >= 0.3 is 7.25 Å². The van der Waals surface area contributed by atoms with Gasteiger partial charge in [0, 0.05) is 12.1 Å². The minimum atomic E-state index is -6.00. The van der Waals surface area contributed by atoms with E-state index < -0.39 is 7.25 Å². The van der Waals surface area contributed by atoms with E-state index in [-0.39, 0.29) is 0 Å². The van der Waals surface area contributed by atoms with Crippen molar-refractivity contribution in [1.82, 2.24) is 0 Å². The highest BCUT2D eigenvalue weighted by molar-refractivity contribution is 7.22. The Kier molecular flexibility index (Phi) is 4.00. The molecular formula is C13H9BF4S. The molecule has 0 unspecified atom stereocenters. The summed E-state index contributed by atoms with van der Waals surface area (Å²) in [6, 6.07) is 19.2. The minimum Gasteiger partial charge on any atom is -0.418 e. The van der Waals surface area contributed by atoms with E-state index in [0.717, 1.165) is 0 Å². The molecule has 1 aliphatic carbocycles. The smallest absolute Gasteiger partial charge is 0.418 e. The van der Waals surface area contributed by atoms with Crippen molar-refractivity contribution in [2.24, 2.45) is 0 Å². The third kappa shape index (κ3) is 3.89. The first kappa shape index (κ1) is 13.7. The average molecular weight is 284 g/mol. The highest BCUT2D eigenvalue weighted by Gasteiger charge is 2.21. The van der Waals surface area contributed by atoms with E-state index in [4.69, 9.17) is 0 Å². The summed E-state index contributed by atoms with van der Waals surface area (Å²) in [4.78, 5) is 1.36. The molecule has 98 valence electrons. The molecule has 1 aromatic carbocycles. The van der Waals surface area contributed by atoms with Gasteiger partial charge in [0.15, 0.2) is 0 Å². The lowest BCUT2D eigenvalue weighted by molar-refractivity contribution is 0.368. The van der Waals surface area contributed by atoms with E-state index in [1.807, 2.05) is 11.3 Å². The quantitative estimate of drug-likeness (QED) is 0.287. The van der Waals surface area contributed by atoms with E-state index in [1.165, 1.54) is 20.5 Å². The fourth-order valence-corrected chi connectivity index (χ4v) is 2.84. The summed E-state index contributed by atoms with van der Waals surface area (Å²) >= 11 is 1.85. The zero-order valence-electron chi connectivity index (χ0n) is 9.69. The monoisotopic (exact) mass is 284 g/mol. The van der Waals surface area contributed by atoms with E-state index in [1.54, 1.807) is 0 Å². The SMILES string of the molecule is F[B-](F)(F)F.c1ccc2[s+]c3ccccc3c-2cc1. The first-order valence-corrected chi connectivity index (χ1v) is 6.34. The molecule has 0 amide bonds. The van der Waals surface area contributed by atoms with Gasteiger partial charge in [-0.25, -0.2) is 0 Å². The molecule has 0 bridgehead atoms. The van der Waals surface area contributed by atoms with E-state index in [0.29, 0.717) is 0 Å². The number of fused-ring (bicyclic) bond motifs is 3. The molecule has 0 spiro atoms. The van der Waals surface area contributed by atoms with Gasteiger partial charge in [-0.2, -0.15) is 0 Å². The zero-order chi connectivity index (χ0) is 13.9. The van der Waals surface area contributed by atoms with Crippen LogP contribution in [0.2, 0.25) is 0 Å². The number of thiophene rings is 1. The molecule has 1 heterocycles. The Morgan fingerprint density at radius 2 is 1.32 bits per heavy atom. The van der Waals surface area contributed by atoms with Crippen molar-refractivity contribution in [1.29, 1.82) is 0 Å². The molecule has 3 rings (SSSR count). The molecule has 19 heavy (non-hydrogen) atoms. The number of rotatable bonds is 0. The summed E-state index contributed by atoms with van der Waals surface area (Å²) in [5.41, 5.74) is 1.36. The van der Waals surface area contributed by atoms with Crippen molar-refractivity contribution in [2.45, 2.75) is 0 Å². The van der Waals surface area contributed by atoms with Crippen molar-refractivity contribution in [3.63, 3.8) is 0 Å². The Morgan fingerprint density at radius 3 is 2.05 bits per heavy atom. The van der Waals surface area contributed by atoms with Gasteiger partial charge in [0.1, 0.15) is 0 Å². The summed E-state index contributed by atoms with van der Waals surface area (Å²) in [6.07, 6.45) is 0. The third-order valence-electron chi connectivity index (χ3n) is 2.40. The van der Waals surface area contributed by atoms with Crippen LogP contribution in [0, 0.1) is 0 Å². The van der Waals surface area contributed by atoms with Gasteiger partial charge in [0.05, 0.1) is 10.9 Å². The lowest BCUT2D eigenvalue weighted by Crippen LogP contribution is -2.02. The van der Waals surface area contributed by atoms with Crippen LogP contribution < -0.4 is 0 Å². The van der Waals surface area contributed by atoms with E-state index in [9.17, 15) is 17.3 Å². The lowest BCUT2D eigenvalue weighted by Gasteiger charge is -1.94. The summed E-state index contributed by atoms with van der Waals surface area (Å²) in [7, 11) is -6.00. The van der Waals surface area contributed by atoms with Gasteiger partial charge < -0.3 is 17.3 Å². The first-order chi connectivity index (χ1) is 8.95. The average Bonchev–Trinajstić information content (AvgIpc) is 2.50. The van der Waals surface area contributed by atoms with Crippen LogP contribution in [0.4, 0.5) is 17.3 Å². The molecule has 1 aromatic rings. The van der Waals surface area contributed by atoms with Crippen molar-refractivity contribution < 1.29 is 17.3 Å². The molecule has 2 aliphatic rings. The molecule has 0 radical (unpaired) electrons. The van der Waals surface area contributed by atoms with Crippen LogP contribution in [-0.2, 0) is 0 Å². The van der Waals surface area contributed by atoms with Gasteiger partial charge in [-0.3, -0.25) is 0 Å². The number of hydrogen-bond donors (Lipinski definition) is 0. The maximum Gasteiger partial charge on any atom is 0.673 e. The number of halogens is 4.